The zero-order valence-corrected chi connectivity index (χ0v) is 8.82. The number of nitrogens with zero attached hydrogens (tertiary/aromatic N) is 1. The summed E-state index contributed by atoms with van der Waals surface area (Å²) in [6, 6.07) is 1.82. The van der Waals surface area contributed by atoms with E-state index >= 15 is 0 Å². The van der Waals surface area contributed by atoms with Crippen LogP contribution < -0.4 is 4.74 Å². The predicted molar refractivity (Wildman–Crippen MR) is 54.1 cm³/mol. The number of methoxy groups -OCH3 is 2. The third-order valence-corrected chi connectivity index (χ3v) is 2.51. The summed E-state index contributed by atoms with van der Waals surface area (Å²) in [7, 11) is 2.88. The Morgan fingerprint density at radius 3 is 2.73 bits per heavy atom. The van der Waals surface area contributed by atoms with Crippen LogP contribution >= 0.6 is 0 Å². The van der Waals surface area contributed by atoms with Gasteiger partial charge in [-0.2, -0.15) is 0 Å². The Morgan fingerprint density at radius 1 is 1.47 bits per heavy atom. The van der Waals surface area contributed by atoms with Gasteiger partial charge in [0.1, 0.15) is 11.3 Å². The topological polar surface area (TPSA) is 48.4 Å². The second-order valence-electron chi connectivity index (χ2n) is 3.58. The van der Waals surface area contributed by atoms with Crippen LogP contribution in [0.1, 0.15) is 34.8 Å². The first-order valence-electron chi connectivity index (χ1n) is 4.88. The van der Waals surface area contributed by atoms with Crippen LogP contribution in [0, 0.1) is 0 Å². The number of aromatic nitrogens is 1. The number of hydrogen-bond donors (Lipinski definition) is 0. The number of esters is 1. The molecule has 0 aromatic carbocycles. The van der Waals surface area contributed by atoms with Crippen molar-refractivity contribution < 1.29 is 14.3 Å². The minimum Gasteiger partial charge on any atom is -0.496 e. The molecule has 0 aliphatic heterocycles. The molecule has 1 aromatic heterocycles. The van der Waals surface area contributed by atoms with Crippen LogP contribution in [0.15, 0.2) is 12.3 Å². The van der Waals surface area contributed by atoms with E-state index in [1.807, 2.05) is 6.07 Å². The molecule has 1 fully saturated rings. The van der Waals surface area contributed by atoms with Crippen molar-refractivity contribution in [2.24, 2.45) is 0 Å². The lowest BCUT2D eigenvalue weighted by Crippen LogP contribution is -2.05. The van der Waals surface area contributed by atoms with E-state index in [4.69, 9.17) is 4.74 Å². The minimum absolute atomic E-state index is 0.379. The average molecular weight is 207 g/mol. The van der Waals surface area contributed by atoms with Crippen molar-refractivity contribution in [3.05, 3.63) is 23.5 Å². The summed E-state index contributed by atoms with van der Waals surface area (Å²) in [6.07, 6.45) is 3.87. The quantitative estimate of drug-likeness (QED) is 0.708. The molecule has 1 heterocycles. The number of pyridine rings is 1. The van der Waals surface area contributed by atoms with E-state index in [1.165, 1.54) is 26.1 Å². The predicted octanol–water partition coefficient (Wildman–Crippen LogP) is 1.75. The Labute approximate surface area is 88.2 Å². The monoisotopic (exact) mass is 207 g/mol. The fourth-order valence-electron chi connectivity index (χ4n) is 1.49. The van der Waals surface area contributed by atoms with Gasteiger partial charge in [-0.1, -0.05) is 0 Å². The van der Waals surface area contributed by atoms with E-state index in [2.05, 4.69) is 9.72 Å². The maximum atomic E-state index is 11.3. The molecule has 0 radical (unpaired) electrons. The summed E-state index contributed by atoms with van der Waals surface area (Å²) >= 11 is 0. The largest absolute Gasteiger partial charge is 0.496 e. The molecule has 4 nitrogen and oxygen atoms in total. The first-order valence-corrected chi connectivity index (χ1v) is 4.88. The van der Waals surface area contributed by atoms with E-state index in [-0.39, 0.29) is 0 Å². The third kappa shape index (κ3) is 1.93. The first-order chi connectivity index (χ1) is 7.26. The summed E-state index contributed by atoms with van der Waals surface area (Å²) in [6.45, 7) is 0. The minimum atomic E-state index is -0.415. The zero-order chi connectivity index (χ0) is 10.8. The average Bonchev–Trinajstić information content (AvgIpc) is 3.11. The molecule has 4 heteroatoms. The third-order valence-electron chi connectivity index (χ3n) is 2.51. The van der Waals surface area contributed by atoms with Crippen molar-refractivity contribution in [3.8, 4) is 5.75 Å². The molecule has 0 amide bonds. The fourth-order valence-corrected chi connectivity index (χ4v) is 1.49. The molecule has 2 rings (SSSR count). The van der Waals surface area contributed by atoms with E-state index in [0.717, 1.165) is 5.69 Å². The highest BCUT2D eigenvalue weighted by Gasteiger charge is 2.26. The summed E-state index contributed by atoms with van der Waals surface area (Å²) in [5.74, 6) is 0.672. The fraction of sp³-hybridized carbons (Fsp3) is 0.455. The molecule has 1 aliphatic rings. The Hall–Kier alpha value is -1.58. The first kappa shape index (κ1) is 9.96. The van der Waals surface area contributed by atoms with E-state index < -0.39 is 5.97 Å². The van der Waals surface area contributed by atoms with Crippen molar-refractivity contribution in [2.75, 3.05) is 14.2 Å². The van der Waals surface area contributed by atoms with Gasteiger partial charge in [-0.05, 0) is 12.8 Å². The highest BCUT2D eigenvalue weighted by atomic mass is 16.5. The molecule has 1 aromatic rings. The number of ether oxygens (including phenoxy) is 2. The molecular formula is C11H13NO3. The molecule has 80 valence electrons. The van der Waals surface area contributed by atoms with Crippen LogP contribution in [0.25, 0.3) is 0 Å². The molecule has 1 saturated carbocycles. The summed E-state index contributed by atoms with van der Waals surface area (Å²) < 4.78 is 9.78. The Kier molecular flexibility index (Phi) is 2.58. The Bertz CT molecular complexity index is 385. The lowest BCUT2D eigenvalue weighted by Gasteiger charge is -2.07. The van der Waals surface area contributed by atoms with Crippen molar-refractivity contribution in [1.82, 2.24) is 4.98 Å². The van der Waals surface area contributed by atoms with Crippen LogP contribution in [0.3, 0.4) is 0 Å². The van der Waals surface area contributed by atoms with Gasteiger partial charge in [0.2, 0.25) is 0 Å². The number of rotatable bonds is 3. The Morgan fingerprint density at radius 2 is 2.20 bits per heavy atom. The second kappa shape index (κ2) is 3.88. The van der Waals surface area contributed by atoms with Crippen molar-refractivity contribution in [1.29, 1.82) is 0 Å². The van der Waals surface area contributed by atoms with Crippen LogP contribution in [0.5, 0.6) is 5.75 Å². The molecule has 0 N–H and O–H groups in total. The molecule has 0 spiro atoms. The van der Waals surface area contributed by atoms with Gasteiger partial charge in [0, 0.05) is 23.9 Å². The molecule has 0 atom stereocenters. The van der Waals surface area contributed by atoms with Crippen LogP contribution in [0.2, 0.25) is 0 Å². The molecule has 0 saturated heterocycles. The SMILES string of the molecule is COC(=O)c1cnc(C2CC2)cc1OC. The number of carbonyl (C=O) groups is 1. The molecular weight excluding hydrogens is 194 g/mol. The second-order valence-corrected chi connectivity index (χ2v) is 3.58. The van der Waals surface area contributed by atoms with Gasteiger partial charge in [0.25, 0.3) is 0 Å². The lowest BCUT2D eigenvalue weighted by molar-refractivity contribution is 0.0596. The number of carbonyl (C=O) groups excluding carboxylic acids is 1. The van der Waals surface area contributed by atoms with Crippen LogP contribution in [-0.4, -0.2) is 25.2 Å². The number of hydrogen-bond acceptors (Lipinski definition) is 4. The van der Waals surface area contributed by atoms with Gasteiger partial charge in [-0.3, -0.25) is 4.98 Å². The van der Waals surface area contributed by atoms with Crippen molar-refractivity contribution >= 4 is 5.97 Å². The van der Waals surface area contributed by atoms with Gasteiger partial charge in [0.05, 0.1) is 14.2 Å². The van der Waals surface area contributed by atoms with Gasteiger partial charge >= 0.3 is 5.97 Å². The van der Waals surface area contributed by atoms with E-state index in [1.54, 1.807) is 7.11 Å². The van der Waals surface area contributed by atoms with Gasteiger partial charge in [-0.25, -0.2) is 4.79 Å². The van der Waals surface area contributed by atoms with Crippen LogP contribution in [0.4, 0.5) is 0 Å². The van der Waals surface area contributed by atoms with E-state index in [0.29, 0.717) is 17.2 Å². The standard InChI is InChI=1S/C11H13NO3/c1-14-10-5-9(7-3-4-7)12-6-8(10)11(13)15-2/h5-7H,3-4H2,1-2H3. The van der Waals surface area contributed by atoms with Crippen LogP contribution in [-0.2, 0) is 4.74 Å². The maximum Gasteiger partial charge on any atom is 0.343 e. The zero-order valence-electron chi connectivity index (χ0n) is 8.82. The van der Waals surface area contributed by atoms with Crippen molar-refractivity contribution in [3.63, 3.8) is 0 Å². The molecule has 0 unspecified atom stereocenters. The van der Waals surface area contributed by atoms with Gasteiger partial charge in [-0.15, -0.1) is 0 Å². The van der Waals surface area contributed by atoms with Crippen molar-refractivity contribution in [2.45, 2.75) is 18.8 Å². The highest BCUT2D eigenvalue weighted by Crippen LogP contribution is 2.40. The lowest BCUT2D eigenvalue weighted by atomic mass is 10.2. The normalized spacial score (nSPS) is 14.8. The molecule has 0 bridgehead atoms. The van der Waals surface area contributed by atoms with Gasteiger partial charge in [0.15, 0.2) is 0 Å². The van der Waals surface area contributed by atoms with Gasteiger partial charge < -0.3 is 9.47 Å². The molecule has 1 aliphatic carbocycles. The highest BCUT2D eigenvalue weighted by molar-refractivity contribution is 5.92. The maximum absolute atomic E-state index is 11.3. The Balaban J connectivity index is 2.34. The summed E-state index contributed by atoms with van der Waals surface area (Å²) in [5, 5.41) is 0. The smallest absolute Gasteiger partial charge is 0.343 e. The van der Waals surface area contributed by atoms with E-state index in [9.17, 15) is 4.79 Å². The summed E-state index contributed by atoms with van der Waals surface area (Å²) in [4.78, 5) is 15.6. The summed E-state index contributed by atoms with van der Waals surface area (Å²) in [5.41, 5.74) is 1.38. The molecule has 15 heavy (non-hydrogen) atoms.